The van der Waals surface area contributed by atoms with Gasteiger partial charge in [0.2, 0.25) is 10.7 Å². The van der Waals surface area contributed by atoms with Gasteiger partial charge in [-0.1, -0.05) is 35.9 Å². The summed E-state index contributed by atoms with van der Waals surface area (Å²) in [6.45, 7) is 3.07. The second-order valence-electron chi connectivity index (χ2n) is 8.04. The number of aryl methyl sites for hydroxylation is 1. The second-order valence-corrected chi connectivity index (χ2v) is 9.45. The highest BCUT2D eigenvalue weighted by molar-refractivity contribution is 7.98. The van der Waals surface area contributed by atoms with Gasteiger partial charge in [0.1, 0.15) is 25.6 Å². The van der Waals surface area contributed by atoms with Gasteiger partial charge in [-0.2, -0.15) is 5.10 Å². The molecular weight excluding hydrogens is 480 g/mol. The van der Waals surface area contributed by atoms with Crippen molar-refractivity contribution in [3.8, 4) is 17.2 Å². The molecule has 1 amide bonds. The molecule has 0 radical (unpaired) electrons. The Bertz CT molecular complexity index is 1400. The van der Waals surface area contributed by atoms with Gasteiger partial charge in [0.05, 0.1) is 5.75 Å². The number of rotatable bonds is 7. The molecular formula is C26H24N4O3S2. The summed E-state index contributed by atoms with van der Waals surface area (Å²) in [7, 11) is 0. The van der Waals surface area contributed by atoms with Crippen molar-refractivity contribution in [3.05, 3.63) is 89.0 Å². The Morgan fingerprint density at radius 2 is 1.77 bits per heavy atom. The van der Waals surface area contributed by atoms with Gasteiger partial charge < -0.3 is 14.8 Å². The van der Waals surface area contributed by atoms with Crippen LogP contribution in [0.25, 0.3) is 5.69 Å². The van der Waals surface area contributed by atoms with E-state index >= 15 is 0 Å². The summed E-state index contributed by atoms with van der Waals surface area (Å²) in [5.41, 5.74) is 2.76. The molecule has 1 aromatic heterocycles. The molecule has 4 aromatic rings. The molecule has 3 aromatic carbocycles. The van der Waals surface area contributed by atoms with Crippen molar-refractivity contribution in [2.45, 2.75) is 24.1 Å². The van der Waals surface area contributed by atoms with Crippen LogP contribution in [0.5, 0.6) is 11.5 Å². The zero-order valence-corrected chi connectivity index (χ0v) is 20.8. The maximum atomic E-state index is 12.9. The average molecular weight is 505 g/mol. The summed E-state index contributed by atoms with van der Waals surface area (Å²) >= 11 is 7.42. The number of para-hydroxylation sites is 1. The molecule has 178 valence electrons. The molecule has 0 atom stereocenters. The first-order chi connectivity index (χ1) is 17.1. The standard InChI is InChI=1S/C26H24N4O3S2/c1-18-7-10-21(11-8-18)35-17-24-28-29(26(34)30(24)20-5-3-2-4-6-20)16-25(31)27-19-9-12-22-23(15-19)33-14-13-32-22/h2-12,15H,13-14,16-17H2,1H3,(H,27,31). The maximum Gasteiger partial charge on any atom is 0.246 e. The van der Waals surface area contributed by atoms with E-state index in [0.29, 0.717) is 40.9 Å². The quantitative estimate of drug-likeness (QED) is 0.268. The Labute approximate surface area is 212 Å². The van der Waals surface area contributed by atoms with E-state index in [1.807, 2.05) is 34.9 Å². The van der Waals surface area contributed by atoms with Crippen LogP contribution >= 0.6 is 24.0 Å². The van der Waals surface area contributed by atoms with Crippen LogP contribution < -0.4 is 14.8 Å². The Balaban J connectivity index is 1.37. The second kappa shape index (κ2) is 10.4. The van der Waals surface area contributed by atoms with E-state index in [2.05, 4.69) is 36.5 Å². The van der Waals surface area contributed by atoms with Crippen LogP contribution in [0.4, 0.5) is 5.69 Å². The fraction of sp³-hybridized carbons (Fsp3) is 0.192. The van der Waals surface area contributed by atoms with Crippen LogP contribution in [0.2, 0.25) is 0 Å². The van der Waals surface area contributed by atoms with Crippen LogP contribution in [0, 0.1) is 11.7 Å². The van der Waals surface area contributed by atoms with Crippen molar-refractivity contribution in [1.82, 2.24) is 14.3 Å². The first-order valence-corrected chi connectivity index (χ1v) is 12.6. The van der Waals surface area contributed by atoms with Crippen LogP contribution in [-0.2, 0) is 17.1 Å². The Kier molecular flexibility index (Phi) is 6.87. The summed E-state index contributed by atoms with van der Waals surface area (Å²) in [6.07, 6.45) is 0. The Morgan fingerprint density at radius 1 is 1.03 bits per heavy atom. The number of ether oxygens (including phenoxy) is 2. The minimum Gasteiger partial charge on any atom is -0.486 e. The Morgan fingerprint density at radius 3 is 2.54 bits per heavy atom. The molecule has 0 aliphatic carbocycles. The lowest BCUT2D eigenvalue weighted by Gasteiger charge is -2.19. The number of anilines is 1. The third-order valence-corrected chi connectivity index (χ3v) is 6.83. The largest absolute Gasteiger partial charge is 0.486 e. The number of carbonyl (C=O) groups excluding carboxylic acids is 1. The highest BCUT2D eigenvalue weighted by Crippen LogP contribution is 2.32. The van der Waals surface area contributed by atoms with Crippen molar-refractivity contribution < 1.29 is 14.3 Å². The van der Waals surface area contributed by atoms with Gasteiger partial charge in [0.25, 0.3) is 0 Å². The van der Waals surface area contributed by atoms with E-state index in [4.69, 9.17) is 26.8 Å². The number of nitrogens with one attached hydrogen (secondary N) is 1. The monoisotopic (exact) mass is 504 g/mol. The van der Waals surface area contributed by atoms with Crippen molar-refractivity contribution in [1.29, 1.82) is 0 Å². The fourth-order valence-electron chi connectivity index (χ4n) is 3.73. The lowest BCUT2D eigenvalue weighted by atomic mass is 10.2. The van der Waals surface area contributed by atoms with Gasteiger partial charge in [-0.05, 0) is 55.5 Å². The molecule has 0 unspecified atom stereocenters. The third kappa shape index (κ3) is 5.41. The highest BCUT2D eigenvalue weighted by Gasteiger charge is 2.17. The molecule has 0 saturated heterocycles. The maximum absolute atomic E-state index is 12.9. The number of nitrogens with zero attached hydrogens (tertiary/aromatic N) is 3. The summed E-state index contributed by atoms with van der Waals surface area (Å²) in [4.78, 5) is 14.0. The molecule has 2 heterocycles. The lowest BCUT2D eigenvalue weighted by molar-refractivity contribution is -0.116. The van der Waals surface area contributed by atoms with Crippen molar-refractivity contribution in [2.24, 2.45) is 0 Å². The van der Waals surface area contributed by atoms with Crippen molar-refractivity contribution in [3.63, 3.8) is 0 Å². The topological polar surface area (TPSA) is 70.3 Å². The number of fused-ring (bicyclic) bond motifs is 1. The van der Waals surface area contributed by atoms with Crippen LogP contribution in [0.1, 0.15) is 11.4 Å². The Hall–Kier alpha value is -3.56. The van der Waals surface area contributed by atoms with Gasteiger partial charge in [-0.15, -0.1) is 11.8 Å². The zero-order valence-electron chi connectivity index (χ0n) is 19.1. The average Bonchev–Trinajstić information content (AvgIpc) is 3.18. The minimum atomic E-state index is -0.228. The smallest absolute Gasteiger partial charge is 0.246 e. The molecule has 0 fully saturated rings. The molecule has 9 heteroatoms. The van der Waals surface area contributed by atoms with Gasteiger partial charge in [-0.25, -0.2) is 4.68 Å². The normalized spacial score (nSPS) is 12.4. The summed E-state index contributed by atoms with van der Waals surface area (Å²) in [5.74, 6) is 2.45. The van der Waals surface area contributed by atoms with Crippen LogP contribution in [-0.4, -0.2) is 33.5 Å². The lowest BCUT2D eigenvalue weighted by Crippen LogP contribution is -2.20. The number of aromatic nitrogens is 3. The first kappa shape index (κ1) is 23.2. The first-order valence-electron chi connectivity index (χ1n) is 11.2. The number of thioether (sulfide) groups is 1. The number of hydrogen-bond donors (Lipinski definition) is 1. The molecule has 1 N–H and O–H groups in total. The highest BCUT2D eigenvalue weighted by atomic mass is 32.2. The van der Waals surface area contributed by atoms with Crippen LogP contribution in [0.15, 0.2) is 77.7 Å². The number of carbonyl (C=O) groups is 1. The van der Waals surface area contributed by atoms with E-state index in [9.17, 15) is 4.79 Å². The minimum absolute atomic E-state index is 0.00466. The molecule has 0 bridgehead atoms. The van der Waals surface area contributed by atoms with Crippen LogP contribution in [0.3, 0.4) is 0 Å². The summed E-state index contributed by atoms with van der Waals surface area (Å²) < 4.78 is 15.1. The van der Waals surface area contributed by atoms with Gasteiger partial charge in [0, 0.05) is 22.3 Å². The third-order valence-electron chi connectivity index (χ3n) is 5.43. The van der Waals surface area contributed by atoms with Gasteiger partial charge in [-0.3, -0.25) is 9.36 Å². The van der Waals surface area contributed by atoms with E-state index < -0.39 is 0 Å². The zero-order chi connectivity index (χ0) is 24.2. The van der Waals surface area contributed by atoms with Crippen molar-refractivity contribution >= 4 is 35.6 Å². The molecule has 0 spiro atoms. The van der Waals surface area contributed by atoms with E-state index in [0.717, 1.165) is 16.4 Å². The fourth-order valence-corrected chi connectivity index (χ4v) is 4.85. The molecule has 7 nitrogen and oxygen atoms in total. The van der Waals surface area contributed by atoms with Crippen molar-refractivity contribution in [2.75, 3.05) is 18.5 Å². The predicted octanol–water partition coefficient (Wildman–Crippen LogP) is 5.41. The van der Waals surface area contributed by atoms with Gasteiger partial charge >= 0.3 is 0 Å². The summed E-state index contributed by atoms with van der Waals surface area (Å²) in [6, 6.07) is 23.6. The predicted molar refractivity (Wildman–Crippen MR) is 139 cm³/mol. The summed E-state index contributed by atoms with van der Waals surface area (Å²) in [5, 5.41) is 7.62. The molecule has 1 aliphatic rings. The van der Waals surface area contributed by atoms with E-state index in [1.54, 1.807) is 34.6 Å². The number of amides is 1. The SMILES string of the molecule is Cc1ccc(SCc2nn(CC(=O)Nc3ccc4c(c3)OCCO4)c(=S)n2-c2ccccc2)cc1. The number of benzene rings is 3. The molecule has 35 heavy (non-hydrogen) atoms. The molecule has 5 rings (SSSR count). The number of hydrogen-bond acceptors (Lipinski definition) is 6. The van der Waals surface area contributed by atoms with E-state index in [-0.39, 0.29) is 12.5 Å². The molecule has 0 saturated carbocycles. The van der Waals surface area contributed by atoms with Gasteiger partial charge in [0.15, 0.2) is 11.5 Å². The molecule has 1 aliphatic heterocycles. The van der Waals surface area contributed by atoms with E-state index in [1.165, 1.54) is 5.56 Å².